The van der Waals surface area contributed by atoms with E-state index in [1.54, 1.807) is 0 Å². The molecule has 2 heterocycles. The summed E-state index contributed by atoms with van der Waals surface area (Å²) in [6.45, 7) is 4.23. The molecule has 2 fully saturated rings. The van der Waals surface area contributed by atoms with Crippen molar-refractivity contribution in [3.05, 3.63) is 34.9 Å². The van der Waals surface area contributed by atoms with Crippen LogP contribution >= 0.6 is 24.0 Å². The first-order valence-electron chi connectivity index (χ1n) is 8.69. The van der Waals surface area contributed by atoms with Crippen LogP contribution in [-0.4, -0.2) is 56.4 Å². The minimum absolute atomic E-state index is 0. The zero-order chi connectivity index (χ0) is 16.8. The molecule has 1 N–H and O–H groups in total. The van der Waals surface area contributed by atoms with Gasteiger partial charge in [-0.05, 0) is 24.5 Å². The van der Waals surface area contributed by atoms with Crippen LogP contribution in [0.25, 0.3) is 0 Å². The Labute approximate surface area is 160 Å². The second-order valence-electron chi connectivity index (χ2n) is 6.26. The maximum Gasteiger partial charge on any atom is 0.225 e. The SMILES string of the molecule is Cl.O=C(CCOC1CCOCC1)N1CCNCC1c1ccccc1Cl. The molecule has 0 saturated carbocycles. The smallest absolute Gasteiger partial charge is 0.225 e. The van der Waals surface area contributed by atoms with Crippen LogP contribution in [-0.2, 0) is 14.3 Å². The van der Waals surface area contributed by atoms with Gasteiger partial charge in [-0.25, -0.2) is 0 Å². The normalized spacial score (nSPS) is 21.6. The molecule has 1 aromatic rings. The number of benzene rings is 1. The van der Waals surface area contributed by atoms with E-state index in [1.807, 2.05) is 29.2 Å². The molecule has 2 aliphatic rings. The highest BCUT2D eigenvalue weighted by molar-refractivity contribution is 6.31. The average molecular weight is 389 g/mol. The molecule has 7 heteroatoms. The highest BCUT2D eigenvalue weighted by Gasteiger charge is 2.29. The molecule has 5 nitrogen and oxygen atoms in total. The molecule has 1 amide bonds. The standard InChI is InChI=1S/C18H25ClN2O3.ClH/c19-16-4-2-1-3-15(16)17-13-20-8-9-21(17)18(22)7-12-24-14-5-10-23-11-6-14;/h1-4,14,17,20H,5-13H2;1H. The van der Waals surface area contributed by atoms with Crippen molar-refractivity contribution >= 4 is 29.9 Å². The summed E-state index contributed by atoms with van der Waals surface area (Å²) < 4.78 is 11.2. The summed E-state index contributed by atoms with van der Waals surface area (Å²) in [5.41, 5.74) is 1.00. The van der Waals surface area contributed by atoms with Gasteiger partial charge >= 0.3 is 0 Å². The molecular weight excluding hydrogens is 363 g/mol. The van der Waals surface area contributed by atoms with E-state index in [4.69, 9.17) is 21.1 Å². The van der Waals surface area contributed by atoms with Crippen LogP contribution in [0.2, 0.25) is 5.02 Å². The lowest BCUT2D eigenvalue weighted by Gasteiger charge is -2.37. The van der Waals surface area contributed by atoms with Gasteiger partial charge in [0.2, 0.25) is 5.91 Å². The topological polar surface area (TPSA) is 50.8 Å². The van der Waals surface area contributed by atoms with Crippen LogP contribution < -0.4 is 5.32 Å². The number of hydrogen-bond donors (Lipinski definition) is 1. The fourth-order valence-electron chi connectivity index (χ4n) is 3.33. The first kappa shape index (κ1) is 20.5. The summed E-state index contributed by atoms with van der Waals surface area (Å²) in [6.07, 6.45) is 2.49. The first-order chi connectivity index (χ1) is 11.8. The predicted molar refractivity (Wildman–Crippen MR) is 100 cm³/mol. The number of piperazine rings is 1. The van der Waals surface area contributed by atoms with Crippen LogP contribution in [0.4, 0.5) is 0 Å². The van der Waals surface area contributed by atoms with Gasteiger partial charge in [0.1, 0.15) is 0 Å². The predicted octanol–water partition coefficient (Wildman–Crippen LogP) is 2.82. The summed E-state index contributed by atoms with van der Waals surface area (Å²) in [6, 6.07) is 7.74. The van der Waals surface area contributed by atoms with Crippen LogP contribution in [0, 0.1) is 0 Å². The molecule has 0 bridgehead atoms. The van der Waals surface area contributed by atoms with Gasteiger partial charge in [0.15, 0.2) is 0 Å². The summed E-state index contributed by atoms with van der Waals surface area (Å²) in [7, 11) is 0. The van der Waals surface area contributed by atoms with Crippen LogP contribution in [0.1, 0.15) is 30.9 Å². The summed E-state index contributed by atoms with van der Waals surface area (Å²) >= 11 is 6.33. The number of rotatable bonds is 5. The van der Waals surface area contributed by atoms with E-state index in [9.17, 15) is 4.79 Å². The van der Waals surface area contributed by atoms with Crippen molar-refractivity contribution in [3.8, 4) is 0 Å². The average Bonchev–Trinajstić information content (AvgIpc) is 2.63. The third-order valence-electron chi connectivity index (χ3n) is 4.67. The van der Waals surface area contributed by atoms with Crippen LogP contribution in [0.5, 0.6) is 0 Å². The Hall–Kier alpha value is -0.850. The van der Waals surface area contributed by atoms with E-state index in [1.165, 1.54) is 0 Å². The minimum Gasteiger partial charge on any atom is -0.381 e. The van der Waals surface area contributed by atoms with E-state index in [2.05, 4.69) is 5.32 Å². The first-order valence-corrected chi connectivity index (χ1v) is 9.07. The van der Waals surface area contributed by atoms with Gasteiger partial charge < -0.3 is 19.7 Å². The number of hydrogen-bond acceptors (Lipinski definition) is 4. The number of nitrogens with zero attached hydrogens (tertiary/aromatic N) is 1. The molecule has 25 heavy (non-hydrogen) atoms. The van der Waals surface area contributed by atoms with E-state index in [0.717, 1.165) is 44.7 Å². The molecule has 0 aliphatic carbocycles. The third kappa shape index (κ3) is 5.56. The lowest BCUT2D eigenvalue weighted by molar-refractivity contribution is -0.136. The number of amides is 1. The Balaban J connectivity index is 0.00000225. The zero-order valence-corrected chi connectivity index (χ0v) is 15.9. The fraction of sp³-hybridized carbons (Fsp3) is 0.611. The number of ether oxygens (including phenoxy) is 2. The van der Waals surface area contributed by atoms with Crippen molar-refractivity contribution in [2.24, 2.45) is 0 Å². The molecule has 3 rings (SSSR count). The molecule has 1 unspecified atom stereocenters. The molecule has 0 aromatic heterocycles. The summed E-state index contributed by atoms with van der Waals surface area (Å²) in [4.78, 5) is 14.6. The van der Waals surface area contributed by atoms with E-state index in [0.29, 0.717) is 24.6 Å². The maximum absolute atomic E-state index is 12.7. The summed E-state index contributed by atoms with van der Waals surface area (Å²) in [5, 5.41) is 4.07. The molecule has 1 aromatic carbocycles. The van der Waals surface area contributed by atoms with Crippen molar-refractivity contribution in [2.75, 3.05) is 39.5 Å². The number of carbonyl (C=O) groups excluding carboxylic acids is 1. The van der Waals surface area contributed by atoms with Crippen molar-refractivity contribution in [3.63, 3.8) is 0 Å². The van der Waals surface area contributed by atoms with Gasteiger partial charge in [-0.2, -0.15) is 0 Å². The number of halogens is 2. The molecular formula is C18H26Cl2N2O3. The van der Waals surface area contributed by atoms with Crippen molar-refractivity contribution in [1.82, 2.24) is 10.2 Å². The quantitative estimate of drug-likeness (QED) is 0.842. The molecule has 1 atom stereocenters. The van der Waals surface area contributed by atoms with Gasteiger partial charge in [0, 0.05) is 37.9 Å². The van der Waals surface area contributed by atoms with E-state index < -0.39 is 0 Å². The van der Waals surface area contributed by atoms with Crippen LogP contribution in [0.3, 0.4) is 0 Å². The molecule has 140 valence electrons. The Kier molecular flexibility index (Phi) is 8.46. The Morgan fingerprint density at radius 1 is 1.32 bits per heavy atom. The largest absolute Gasteiger partial charge is 0.381 e. The zero-order valence-electron chi connectivity index (χ0n) is 14.3. The number of carbonyl (C=O) groups is 1. The van der Waals surface area contributed by atoms with Gasteiger partial charge in [-0.1, -0.05) is 29.8 Å². The molecule has 0 radical (unpaired) electrons. The van der Waals surface area contributed by atoms with Gasteiger partial charge in [0.05, 0.1) is 25.2 Å². The van der Waals surface area contributed by atoms with Crippen molar-refractivity contribution in [1.29, 1.82) is 0 Å². The third-order valence-corrected chi connectivity index (χ3v) is 5.01. The van der Waals surface area contributed by atoms with Gasteiger partial charge in [0.25, 0.3) is 0 Å². The fourth-order valence-corrected chi connectivity index (χ4v) is 3.59. The second-order valence-corrected chi connectivity index (χ2v) is 6.67. The van der Waals surface area contributed by atoms with E-state index in [-0.39, 0.29) is 30.5 Å². The van der Waals surface area contributed by atoms with Crippen LogP contribution in [0.15, 0.2) is 24.3 Å². The van der Waals surface area contributed by atoms with Gasteiger partial charge in [-0.3, -0.25) is 4.79 Å². The molecule has 2 saturated heterocycles. The second kappa shape index (κ2) is 10.3. The van der Waals surface area contributed by atoms with Gasteiger partial charge in [-0.15, -0.1) is 12.4 Å². The number of nitrogens with one attached hydrogen (secondary N) is 1. The maximum atomic E-state index is 12.7. The Morgan fingerprint density at radius 3 is 2.84 bits per heavy atom. The van der Waals surface area contributed by atoms with Crippen molar-refractivity contribution < 1.29 is 14.3 Å². The lowest BCUT2D eigenvalue weighted by atomic mass is 10.0. The monoisotopic (exact) mass is 388 g/mol. The Morgan fingerprint density at radius 2 is 2.08 bits per heavy atom. The summed E-state index contributed by atoms with van der Waals surface area (Å²) in [5.74, 6) is 0.133. The van der Waals surface area contributed by atoms with Crippen molar-refractivity contribution in [2.45, 2.75) is 31.4 Å². The molecule has 0 spiro atoms. The molecule has 2 aliphatic heterocycles. The minimum atomic E-state index is -0.0111. The Bertz CT molecular complexity index is 553. The highest BCUT2D eigenvalue weighted by atomic mass is 35.5. The highest BCUT2D eigenvalue weighted by Crippen LogP contribution is 2.28. The lowest BCUT2D eigenvalue weighted by Crippen LogP contribution is -2.49. The van der Waals surface area contributed by atoms with E-state index >= 15 is 0 Å².